The highest BCUT2D eigenvalue weighted by Gasteiger charge is 2.33. The number of anilines is 1. The van der Waals surface area contributed by atoms with Crippen LogP contribution in [0, 0.1) is 17.2 Å². The van der Waals surface area contributed by atoms with Crippen molar-refractivity contribution in [2.24, 2.45) is 5.92 Å². The Morgan fingerprint density at radius 1 is 1.38 bits per heavy atom. The van der Waals surface area contributed by atoms with Crippen LogP contribution in [0.3, 0.4) is 0 Å². The van der Waals surface area contributed by atoms with Gasteiger partial charge in [-0.05, 0) is 30.9 Å². The van der Waals surface area contributed by atoms with Gasteiger partial charge in [-0.3, -0.25) is 0 Å². The molecule has 0 amide bonds. The Morgan fingerprint density at radius 2 is 2.05 bits per heavy atom. The number of nitrogens with one attached hydrogen (secondary N) is 1. The van der Waals surface area contributed by atoms with Gasteiger partial charge < -0.3 is 10.4 Å². The van der Waals surface area contributed by atoms with Crippen LogP contribution in [-0.4, -0.2) is 22.7 Å². The fourth-order valence-corrected chi connectivity index (χ4v) is 2.55. The van der Waals surface area contributed by atoms with Crippen LogP contribution >= 0.6 is 0 Å². The minimum Gasteiger partial charge on any atom is -0.391 e. The van der Waals surface area contributed by atoms with E-state index in [2.05, 4.69) is 10.3 Å². The number of nitriles is 1. The van der Waals surface area contributed by atoms with Crippen molar-refractivity contribution < 1.29 is 18.3 Å². The van der Waals surface area contributed by atoms with Crippen molar-refractivity contribution in [3.05, 3.63) is 23.4 Å². The zero-order valence-electron chi connectivity index (χ0n) is 11.3. The Labute approximate surface area is 120 Å². The summed E-state index contributed by atoms with van der Waals surface area (Å²) in [5, 5.41) is 21.6. The van der Waals surface area contributed by atoms with Crippen LogP contribution in [-0.2, 0) is 6.18 Å². The second-order valence-electron chi connectivity index (χ2n) is 5.20. The van der Waals surface area contributed by atoms with E-state index in [4.69, 9.17) is 5.26 Å². The molecule has 21 heavy (non-hydrogen) atoms. The van der Waals surface area contributed by atoms with Crippen LogP contribution in [0.1, 0.15) is 36.9 Å². The Kier molecular flexibility index (Phi) is 4.68. The summed E-state index contributed by atoms with van der Waals surface area (Å²) < 4.78 is 37.9. The molecular weight excluding hydrogens is 283 g/mol. The molecule has 4 nitrogen and oxygen atoms in total. The molecule has 0 radical (unpaired) electrons. The molecular formula is C14H16F3N3O. The number of hydrogen-bond acceptors (Lipinski definition) is 4. The van der Waals surface area contributed by atoms with Crippen molar-refractivity contribution in [2.45, 2.75) is 38.0 Å². The highest BCUT2D eigenvalue weighted by atomic mass is 19.4. The summed E-state index contributed by atoms with van der Waals surface area (Å²) in [5.41, 5.74) is -1.03. The summed E-state index contributed by atoms with van der Waals surface area (Å²) in [6.07, 6.45) is -1.24. The van der Waals surface area contributed by atoms with Gasteiger partial charge in [0.25, 0.3) is 0 Å². The Bertz CT molecular complexity index is 533. The van der Waals surface area contributed by atoms with Crippen LogP contribution in [0.4, 0.5) is 19.0 Å². The van der Waals surface area contributed by atoms with Gasteiger partial charge in [0.15, 0.2) is 0 Å². The zero-order chi connectivity index (χ0) is 15.5. The maximum atomic E-state index is 12.6. The maximum Gasteiger partial charge on any atom is 0.433 e. The number of nitrogens with zero attached hydrogens (tertiary/aromatic N) is 2. The first kappa shape index (κ1) is 15.6. The minimum atomic E-state index is -4.56. The van der Waals surface area contributed by atoms with Gasteiger partial charge in [-0.15, -0.1) is 0 Å². The molecule has 1 heterocycles. The highest BCUT2D eigenvalue weighted by molar-refractivity contribution is 5.52. The molecule has 1 unspecified atom stereocenters. The summed E-state index contributed by atoms with van der Waals surface area (Å²) in [6, 6.07) is 3.65. The normalized spacial score (nSPS) is 17.5. The SMILES string of the molecule is N#Cc1ccc(C(F)(F)F)nc1NCC(O)C1CCCC1. The molecule has 0 aromatic carbocycles. The van der Waals surface area contributed by atoms with Crippen LogP contribution in [0.5, 0.6) is 0 Å². The standard InChI is InChI=1S/C14H16F3N3O/c15-14(16,17)12-6-5-10(7-18)13(20-12)19-8-11(21)9-3-1-2-4-9/h5-6,9,11,21H,1-4,8H2,(H,19,20). The van der Waals surface area contributed by atoms with Crippen molar-refractivity contribution >= 4 is 5.82 Å². The second-order valence-corrected chi connectivity index (χ2v) is 5.20. The number of hydrogen-bond donors (Lipinski definition) is 2. The number of aromatic nitrogens is 1. The fraction of sp³-hybridized carbons (Fsp3) is 0.571. The Balaban J connectivity index is 2.09. The number of pyridine rings is 1. The molecule has 1 aliphatic carbocycles. The summed E-state index contributed by atoms with van der Waals surface area (Å²) >= 11 is 0. The van der Waals surface area contributed by atoms with Gasteiger partial charge >= 0.3 is 6.18 Å². The van der Waals surface area contributed by atoms with Crippen LogP contribution in [0.2, 0.25) is 0 Å². The lowest BCUT2D eigenvalue weighted by Gasteiger charge is -2.19. The maximum absolute atomic E-state index is 12.6. The number of halogens is 3. The van der Waals surface area contributed by atoms with Gasteiger partial charge in [0.1, 0.15) is 17.6 Å². The average Bonchev–Trinajstić information content (AvgIpc) is 2.97. The summed E-state index contributed by atoms with van der Waals surface area (Å²) in [6.45, 7) is 0.0909. The predicted octanol–water partition coefficient (Wildman–Crippen LogP) is 2.94. The molecule has 1 fully saturated rings. The van der Waals surface area contributed by atoms with E-state index in [0.29, 0.717) is 0 Å². The molecule has 0 saturated heterocycles. The lowest BCUT2D eigenvalue weighted by Crippen LogP contribution is -2.27. The van der Waals surface area contributed by atoms with E-state index in [1.165, 1.54) is 0 Å². The third-order valence-corrected chi connectivity index (χ3v) is 3.73. The van der Waals surface area contributed by atoms with Crippen molar-refractivity contribution in [3.8, 4) is 6.07 Å². The van der Waals surface area contributed by atoms with E-state index >= 15 is 0 Å². The van der Waals surface area contributed by atoms with Crippen LogP contribution < -0.4 is 5.32 Å². The van der Waals surface area contributed by atoms with Crippen molar-refractivity contribution in [1.82, 2.24) is 4.98 Å². The van der Waals surface area contributed by atoms with E-state index in [9.17, 15) is 18.3 Å². The first-order chi connectivity index (χ1) is 9.91. The molecule has 0 bridgehead atoms. The summed E-state index contributed by atoms with van der Waals surface area (Å²) in [4.78, 5) is 3.44. The van der Waals surface area contributed by atoms with E-state index in [1.54, 1.807) is 6.07 Å². The first-order valence-electron chi connectivity index (χ1n) is 6.82. The molecule has 114 valence electrons. The summed E-state index contributed by atoms with van der Waals surface area (Å²) in [7, 11) is 0. The molecule has 2 rings (SSSR count). The van der Waals surface area contributed by atoms with Gasteiger partial charge in [-0.1, -0.05) is 12.8 Å². The molecule has 1 aromatic heterocycles. The topological polar surface area (TPSA) is 68.9 Å². The van der Waals surface area contributed by atoms with Crippen molar-refractivity contribution in [1.29, 1.82) is 5.26 Å². The van der Waals surface area contributed by atoms with Crippen molar-refractivity contribution in [3.63, 3.8) is 0 Å². The molecule has 0 aliphatic heterocycles. The quantitative estimate of drug-likeness (QED) is 0.897. The fourth-order valence-electron chi connectivity index (χ4n) is 2.55. The molecule has 1 aromatic rings. The van der Waals surface area contributed by atoms with E-state index < -0.39 is 18.0 Å². The molecule has 1 atom stereocenters. The molecule has 2 N–H and O–H groups in total. The van der Waals surface area contributed by atoms with E-state index in [0.717, 1.165) is 37.8 Å². The Hall–Kier alpha value is -1.81. The number of alkyl halides is 3. The highest BCUT2D eigenvalue weighted by Crippen LogP contribution is 2.30. The first-order valence-corrected chi connectivity index (χ1v) is 6.82. The van der Waals surface area contributed by atoms with Crippen molar-refractivity contribution in [2.75, 3.05) is 11.9 Å². The molecule has 0 spiro atoms. The van der Waals surface area contributed by atoms with Gasteiger partial charge in [0, 0.05) is 6.54 Å². The largest absolute Gasteiger partial charge is 0.433 e. The lowest BCUT2D eigenvalue weighted by molar-refractivity contribution is -0.141. The second kappa shape index (κ2) is 6.31. The van der Waals surface area contributed by atoms with Crippen LogP contribution in [0.15, 0.2) is 12.1 Å². The van der Waals surface area contributed by atoms with Gasteiger partial charge in [-0.25, -0.2) is 4.98 Å². The molecule has 1 aliphatic rings. The Morgan fingerprint density at radius 3 is 2.62 bits per heavy atom. The number of aliphatic hydroxyl groups is 1. The lowest BCUT2D eigenvalue weighted by atomic mass is 10.0. The van der Waals surface area contributed by atoms with Gasteiger partial charge in [0.05, 0.1) is 11.7 Å². The molecule has 1 saturated carbocycles. The number of rotatable bonds is 4. The third kappa shape index (κ3) is 3.85. The van der Waals surface area contributed by atoms with Gasteiger partial charge in [0.2, 0.25) is 0 Å². The van der Waals surface area contributed by atoms with E-state index in [-0.39, 0.29) is 23.8 Å². The zero-order valence-corrected chi connectivity index (χ0v) is 11.3. The van der Waals surface area contributed by atoms with Crippen LogP contribution in [0.25, 0.3) is 0 Å². The minimum absolute atomic E-state index is 0.0293. The molecule has 7 heteroatoms. The summed E-state index contributed by atoms with van der Waals surface area (Å²) in [5.74, 6) is 0.0261. The smallest absolute Gasteiger partial charge is 0.391 e. The third-order valence-electron chi connectivity index (χ3n) is 3.73. The monoisotopic (exact) mass is 299 g/mol. The van der Waals surface area contributed by atoms with E-state index in [1.807, 2.05) is 0 Å². The average molecular weight is 299 g/mol. The van der Waals surface area contributed by atoms with Gasteiger partial charge in [-0.2, -0.15) is 18.4 Å². The number of aliphatic hydroxyl groups excluding tert-OH is 1. The predicted molar refractivity (Wildman–Crippen MR) is 70.4 cm³/mol.